The average Bonchev–Trinajstić information content (AvgIpc) is 2.23. The normalized spacial score (nSPS) is 24.5. The van der Waals surface area contributed by atoms with Crippen molar-refractivity contribution < 1.29 is 9.90 Å². The molecular weight excluding hydrogens is 238 g/mol. The molecule has 0 radical (unpaired) electrons. The second-order valence-electron chi connectivity index (χ2n) is 7.07. The molecule has 1 saturated heterocycles. The van der Waals surface area contributed by atoms with Crippen molar-refractivity contribution >= 4 is 5.97 Å². The largest absolute Gasteiger partial charge is 0.481 e. The molecule has 0 aromatic heterocycles. The predicted molar refractivity (Wildman–Crippen MR) is 77.2 cm³/mol. The summed E-state index contributed by atoms with van der Waals surface area (Å²) in [6.45, 7) is 7.98. The molecule has 3 nitrogen and oxygen atoms in total. The van der Waals surface area contributed by atoms with Crippen LogP contribution < -0.4 is 0 Å². The van der Waals surface area contributed by atoms with Gasteiger partial charge in [-0.15, -0.1) is 0 Å². The summed E-state index contributed by atoms with van der Waals surface area (Å²) in [6, 6.07) is 0. The molecule has 2 rings (SSSR count). The van der Waals surface area contributed by atoms with Crippen LogP contribution in [0.1, 0.15) is 65.2 Å². The molecule has 0 atom stereocenters. The minimum Gasteiger partial charge on any atom is -0.481 e. The van der Waals surface area contributed by atoms with Crippen LogP contribution in [0.3, 0.4) is 0 Å². The molecule has 2 fully saturated rings. The molecule has 1 aliphatic carbocycles. The highest BCUT2D eigenvalue weighted by Crippen LogP contribution is 2.48. The average molecular weight is 267 g/mol. The summed E-state index contributed by atoms with van der Waals surface area (Å²) in [7, 11) is 0. The van der Waals surface area contributed by atoms with Gasteiger partial charge in [0.25, 0.3) is 0 Å². The topological polar surface area (TPSA) is 40.5 Å². The van der Waals surface area contributed by atoms with E-state index in [-0.39, 0.29) is 5.41 Å². The van der Waals surface area contributed by atoms with Crippen LogP contribution in [0.4, 0.5) is 0 Å². The number of likely N-dealkylation sites (tertiary alicyclic amines) is 1. The van der Waals surface area contributed by atoms with Crippen LogP contribution in [-0.2, 0) is 4.79 Å². The summed E-state index contributed by atoms with van der Waals surface area (Å²) < 4.78 is 0. The summed E-state index contributed by atoms with van der Waals surface area (Å²) in [5, 5.41) is 9.07. The SMILES string of the molecule is CCCC1(CCC)CN(CC2(CC(=O)O)CCC2)C1. The number of hydrogen-bond acceptors (Lipinski definition) is 2. The summed E-state index contributed by atoms with van der Waals surface area (Å²) in [5.41, 5.74) is 0.661. The lowest BCUT2D eigenvalue weighted by atomic mass is 9.64. The van der Waals surface area contributed by atoms with E-state index >= 15 is 0 Å². The zero-order chi connectivity index (χ0) is 13.9. The van der Waals surface area contributed by atoms with Crippen molar-refractivity contribution in [1.82, 2.24) is 4.90 Å². The van der Waals surface area contributed by atoms with Crippen LogP contribution in [0.5, 0.6) is 0 Å². The Morgan fingerprint density at radius 2 is 1.68 bits per heavy atom. The first-order chi connectivity index (χ1) is 9.03. The van der Waals surface area contributed by atoms with Gasteiger partial charge < -0.3 is 10.0 Å². The van der Waals surface area contributed by atoms with E-state index in [1.165, 1.54) is 45.2 Å². The minimum atomic E-state index is -0.617. The first kappa shape index (κ1) is 14.8. The Labute approximate surface area is 117 Å². The Balaban J connectivity index is 1.84. The lowest BCUT2D eigenvalue weighted by Gasteiger charge is -2.55. The van der Waals surface area contributed by atoms with Crippen molar-refractivity contribution in [3.63, 3.8) is 0 Å². The molecule has 1 N–H and O–H groups in total. The van der Waals surface area contributed by atoms with Crippen molar-refractivity contribution in [3.05, 3.63) is 0 Å². The zero-order valence-electron chi connectivity index (χ0n) is 12.6. The van der Waals surface area contributed by atoms with Gasteiger partial charge in [0, 0.05) is 19.6 Å². The van der Waals surface area contributed by atoms with Crippen LogP contribution in [0, 0.1) is 10.8 Å². The maximum absolute atomic E-state index is 11.0. The molecule has 0 unspecified atom stereocenters. The highest BCUT2D eigenvalue weighted by atomic mass is 16.4. The van der Waals surface area contributed by atoms with Crippen molar-refractivity contribution in [1.29, 1.82) is 0 Å². The second-order valence-corrected chi connectivity index (χ2v) is 7.07. The molecule has 1 heterocycles. The number of hydrogen-bond donors (Lipinski definition) is 1. The molecule has 1 aliphatic heterocycles. The standard InChI is InChI=1S/C16H29NO2/c1-3-6-16(7-4-2)12-17(13-16)11-15(8-5-9-15)10-14(18)19/h3-13H2,1-2H3,(H,18,19). The quantitative estimate of drug-likeness (QED) is 0.731. The van der Waals surface area contributed by atoms with E-state index in [2.05, 4.69) is 18.7 Å². The van der Waals surface area contributed by atoms with Crippen LogP contribution in [0.2, 0.25) is 0 Å². The zero-order valence-corrected chi connectivity index (χ0v) is 12.6. The summed E-state index contributed by atoms with van der Waals surface area (Å²) in [6.07, 6.45) is 9.04. The van der Waals surface area contributed by atoms with Crippen molar-refractivity contribution in [2.75, 3.05) is 19.6 Å². The van der Waals surface area contributed by atoms with E-state index in [0.717, 1.165) is 19.4 Å². The molecule has 0 bridgehead atoms. The Kier molecular flexibility index (Phi) is 4.54. The van der Waals surface area contributed by atoms with E-state index < -0.39 is 5.97 Å². The fourth-order valence-electron chi connectivity index (χ4n) is 4.38. The maximum Gasteiger partial charge on any atom is 0.303 e. The molecule has 0 amide bonds. The Hall–Kier alpha value is -0.570. The van der Waals surface area contributed by atoms with Gasteiger partial charge in [0.15, 0.2) is 0 Å². The van der Waals surface area contributed by atoms with Crippen molar-refractivity contribution in [2.45, 2.75) is 65.2 Å². The van der Waals surface area contributed by atoms with Gasteiger partial charge in [-0.1, -0.05) is 33.1 Å². The molecule has 19 heavy (non-hydrogen) atoms. The first-order valence-electron chi connectivity index (χ1n) is 7.97. The van der Waals surface area contributed by atoms with E-state index in [4.69, 9.17) is 5.11 Å². The predicted octanol–water partition coefficient (Wildman–Crippen LogP) is 3.53. The van der Waals surface area contributed by atoms with Crippen LogP contribution >= 0.6 is 0 Å². The van der Waals surface area contributed by atoms with Gasteiger partial charge in [-0.3, -0.25) is 4.79 Å². The van der Waals surface area contributed by atoms with Gasteiger partial charge in [-0.05, 0) is 36.5 Å². The molecular formula is C16H29NO2. The van der Waals surface area contributed by atoms with E-state index in [9.17, 15) is 4.79 Å². The van der Waals surface area contributed by atoms with Crippen LogP contribution in [0.15, 0.2) is 0 Å². The van der Waals surface area contributed by atoms with Crippen LogP contribution in [-0.4, -0.2) is 35.6 Å². The van der Waals surface area contributed by atoms with E-state index in [0.29, 0.717) is 11.8 Å². The number of carboxylic acids is 1. The number of carbonyl (C=O) groups is 1. The van der Waals surface area contributed by atoms with Crippen LogP contribution in [0.25, 0.3) is 0 Å². The van der Waals surface area contributed by atoms with Crippen molar-refractivity contribution in [3.8, 4) is 0 Å². The minimum absolute atomic E-state index is 0.108. The lowest BCUT2D eigenvalue weighted by molar-refractivity contribution is -0.143. The molecule has 110 valence electrons. The third-order valence-corrected chi connectivity index (χ3v) is 5.18. The smallest absolute Gasteiger partial charge is 0.303 e. The molecule has 3 heteroatoms. The second kappa shape index (κ2) is 5.82. The number of nitrogens with zero attached hydrogens (tertiary/aromatic N) is 1. The highest BCUT2D eigenvalue weighted by Gasteiger charge is 2.47. The summed E-state index contributed by atoms with van der Waals surface area (Å²) in [5.74, 6) is -0.617. The molecule has 1 saturated carbocycles. The Morgan fingerprint density at radius 1 is 1.11 bits per heavy atom. The number of rotatable bonds is 8. The van der Waals surface area contributed by atoms with E-state index in [1.54, 1.807) is 0 Å². The molecule has 2 aliphatic rings. The summed E-state index contributed by atoms with van der Waals surface area (Å²) in [4.78, 5) is 13.5. The first-order valence-corrected chi connectivity index (χ1v) is 7.97. The molecule has 0 aromatic carbocycles. The monoisotopic (exact) mass is 267 g/mol. The van der Waals surface area contributed by atoms with Gasteiger partial charge in [0.05, 0.1) is 6.42 Å². The fourth-order valence-corrected chi connectivity index (χ4v) is 4.38. The van der Waals surface area contributed by atoms with Crippen molar-refractivity contribution in [2.24, 2.45) is 10.8 Å². The van der Waals surface area contributed by atoms with Gasteiger partial charge in [-0.2, -0.15) is 0 Å². The lowest BCUT2D eigenvalue weighted by Crippen LogP contribution is -2.59. The third kappa shape index (κ3) is 3.31. The van der Waals surface area contributed by atoms with Gasteiger partial charge in [0.1, 0.15) is 0 Å². The molecule has 0 spiro atoms. The van der Waals surface area contributed by atoms with E-state index in [1.807, 2.05) is 0 Å². The highest BCUT2D eigenvalue weighted by molar-refractivity contribution is 5.68. The fraction of sp³-hybridized carbons (Fsp3) is 0.938. The van der Waals surface area contributed by atoms with Gasteiger partial charge >= 0.3 is 5.97 Å². The summed E-state index contributed by atoms with van der Waals surface area (Å²) >= 11 is 0. The Morgan fingerprint density at radius 3 is 2.05 bits per heavy atom. The third-order valence-electron chi connectivity index (χ3n) is 5.18. The number of aliphatic carboxylic acids is 1. The Bertz CT molecular complexity index is 309. The number of carboxylic acid groups (broad SMARTS) is 1. The van der Waals surface area contributed by atoms with Gasteiger partial charge in [0.2, 0.25) is 0 Å². The van der Waals surface area contributed by atoms with Gasteiger partial charge in [-0.25, -0.2) is 0 Å². The maximum atomic E-state index is 11.0. The molecule has 0 aromatic rings.